The van der Waals surface area contributed by atoms with E-state index < -0.39 is 0 Å². The average Bonchev–Trinajstić information content (AvgIpc) is 3.15. The van der Waals surface area contributed by atoms with E-state index in [1.165, 1.54) is 15.4 Å². The molecule has 2 heterocycles. The first-order chi connectivity index (χ1) is 12.4. The van der Waals surface area contributed by atoms with E-state index in [0.717, 1.165) is 15.4 Å². The summed E-state index contributed by atoms with van der Waals surface area (Å²) in [6.45, 7) is 6.87. The number of aliphatic hydroxyl groups excluding tert-OH is 4. The molecule has 145 valence electrons. The lowest BCUT2D eigenvalue weighted by molar-refractivity contribution is 0.253. The van der Waals surface area contributed by atoms with Crippen LogP contribution in [0.4, 0.5) is 0 Å². The van der Waals surface area contributed by atoms with Gasteiger partial charge in [-0.1, -0.05) is 0 Å². The van der Waals surface area contributed by atoms with Crippen molar-refractivity contribution < 1.29 is 20.4 Å². The maximum atomic E-state index is 9.51. The highest BCUT2D eigenvalue weighted by Crippen LogP contribution is 2.67. The van der Waals surface area contributed by atoms with Crippen LogP contribution in [0.3, 0.4) is 0 Å². The molecule has 8 heteroatoms. The van der Waals surface area contributed by atoms with Crippen molar-refractivity contribution in [2.45, 2.75) is 60.3 Å². The molecule has 0 saturated heterocycles. The van der Waals surface area contributed by atoms with Gasteiger partial charge in [-0.25, -0.2) is 0 Å². The summed E-state index contributed by atoms with van der Waals surface area (Å²) in [6.07, 6.45) is 2.50. The molecule has 0 amide bonds. The molecule has 0 aromatic heterocycles. The van der Waals surface area contributed by atoms with Crippen molar-refractivity contribution in [3.63, 3.8) is 0 Å². The highest BCUT2D eigenvalue weighted by atomic mass is 32.2. The van der Waals surface area contributed by atoms with Crippen LogP contribution in [0.15, 0.2) is 19.6 Å². The van der Waals surface area contributed by atoms with Gasteiger partial charge in [0.25, 0.3) is 0 Å². The van der Waals surface area contributed by atoms with Crippen LogP contribution in [-0.2, 0) is 0 Å². The molecule has 0 unspecified atom stereocenters. The van der Waals surface area contributed by atoms with Crippen LogP contribution < -0.4 is 0 Å². The summed E-state index contributed by atoms with van der Waals surface area (Å²) in [4.78, 5) is 4.73. The Bertz CT molecular complexity index is 570. The first-order valence-electron chi connectivity index (χ1n) is 8.67. The second-order valence-electron chi connectivity index (χ2n) is 6.54. The Morgan fingerprint density at radius 1 is 0.654 bits per heavy atom. The van der Waals surface area contributed by atoms with E-state index in [1.54, 1.807) is 47.0 Å². The largest absolute Gasteiger partial charge is 0.396 e. The van der Waals surface area contributed by atoms with Crippen molar-refractivity contribution >= 4 is 47.0 Å². The topological polar surface area (TPSA) is 80.9 Å². The normalized spacial score (nSPS) is 19.6. The number of fused-ring (bicyclic) bond motifs is 2. The van der Waals surface area contributed by atoms with E-state index in [9.17, 15) is 20.4 Å². The third kappa shape index (κ3) is 3.68. The van der Waals surface area contributed by atoms with Crippen molar-refractivity contribution in [1.82, 2.24) is 0 Å². The lowest BCUT2D eigenvalue weighted by Crippen LogP contribution is -2.21. The highest BCUT2D eigenvalue weighted by molar-refractivity contribution is 8.21. The average molecular weight is 434 g/mol. The highest BCUT2D eigenvalue weighted by Gasteiger charge is 2.46. The summed E-state index contributed by atoms with van der Waals surface area (Å²) in [6, 6.07) is 0. The minimum Gasteiger partial charge on any atom is -0.396 e. The molecule has 1 aromatic rings. The molecule has 4 N–H and O–H groups in total. The van der Waals surface area contributed by atoms with Crippen molar-refractivity contribution in [2.75, 3.05) is 26.4 Å². The molecule has 2 aliphatic rings. The maximum absolute atomic E-state index is 9.51. The molecular weight excluding hydrogens is 408 g/mol. The molecule has 0 fully saturated rings. The van der Waals surface area contributed by atoms with Gasteiger partial charge in [0.2, 0.25) is 0 Å². The van der Waals surface area contributed by atoms with Crippen molar-refractivity contribution in [2.24, 2.45) is 0 Å². The van der Waals surface area contributed by atoms with Gasteiger partial charge in [0.15, 0.2) is 0 Å². The number of rotatable bonds is 8. The van der Waals surface area contributed by atoms with E-state index in [4.69, 9.17) is 0 Å². The van der Waals surface area contributed by atoms with Gasteiger partial charge in [-0.3, -0.25) is 0 Å². The molecule has 0 atom stereocenters. The van der Waals surface area contributed by atoms with Crippen molar-refractivity contribution in [3.8, 4) is 0 Å². The quantitative estimate of drug-likeness (QED) is 0.496. The molecule has 1 radical (unpaired) electrons. The minimum atomic E-state index is -0.235. The van der Waals surface area contributed by atoms with Gasteiger partial charge in [-0.15, -0.1) is 47.0 Å². The fourth-order valence-electron chi connectivity index (χ4n) is 3.41. The number of aliphatic hydroxyl groups is 4. The number of benzene rings is 1. The number of thioether (sulfide) groups is 4. The first kappa shape index (κ1) is 21.2. The molecule has 0 saturated carbocycles. The van der Waals surface area contributed by atoms with Crippen LogP contribution in [0, 0.1) is 13.8 Å². The lowest BCUT2D eigenvalue weighted by Gasteiger charge is -2.26. The van der Waals surface area contributed by atoms with Gasteiger partial charge in [0.1, 0.15) is 0 Å². The van der Waals surface area contributed by atoms with E-state index >= 15 is 0 Å². The van der Waals surface area contributed by atoms with Crippen LogP contribution in [-0.4, -0.2) is 55.0 Å². The maximum Gasteiger partial charge on any atom is 0.0749 e. The smallest absolute Gasteiger partial charge is 0.0749 e. The predicted molar refractivity (Wildman–Crippen MR) is 111 cm³/mol. The second-order valence-corrected chi connectivity index (χ2v) is 12.6. The second kappa shape index (κ2) is 8.45. The summed E-state index contributed by atoms with van der Waals surface area (Å²) < 4.78 is -0.471. The zero-order chi connectivity index (χ0) is 18.9. The summed E-state index contributed by atoms with van der Waals surface area (Å²) in [5.74, 6) is 0. The summed E-state index contributed by atoms with van der Waals surface area (Å²) in [7, 11) is 0. The van der Waals surface area contributed by atoms with Crippen molar-refractivity contribution in [3.05, 3.63) is 18.1 Å². The Hall–Kier alpha value is 0.460. The van der Waals surface area contributed by atoms with Gasteiger partial charge in [-0.2, -0.15) is 0 Å². The Morgan fingerprint density at radius 2 is 0.962 bits per heavy atom. The molecular formula is C18H25O4S4. The van der Waals surface area contributed by atoms with Gasteiger partial charge < -0.3 is 20.4 Å². The monoisotopic (exact) mass is 433 g/mol. The summed E-state index contributed by atoms with van der Waals surface area (Å²) in [5.41, 5.74) is 2.22. The first-order valence-corrected chi connectivity index (χ1v) is 11.9. The molecule has 4 nitrogen and oxygen atoms in total. The van der Waals surface area contributed by atoms with Gasteiger partial charge in [-0.05, 0) is 50.7 Å². The van der Waals surface area contributed by atoms with Gasteiger partial charge in [0, 0.05) is 46.0 Å². The zero-order valence-corrected chi connectivity index (χ0v) is 18.1. The number of hydrogen-bond acceptors (Lipinski definition) is 8. The van der Waals surface area contributed by atoms with Gasteiger partial charge >= 0.3 is 0 Å². The van der Waals surface area contributed by atoms with E-state index in [1.807, 2.05) is 0 Å². The summed E-state index contributed by atoms with van der Waals surface area (Å²) >= 11 is 6.95. The molecule has 2 aliphatic heterocycles. The van der Waals surface area contributed by atoms with Crippen LogP contribution in [0.5, 0.6) is 0 Å². The Kier molecular flexibility index (Phi) is 6.88. The molecule has 0 spiro atoms. The third-order valence-electron chi connectivity index (χ3n) is 4.76. The van der Waals surface area contributed by atoms with E-state index in [2.05, 4.69) is 13.8 Å². The predicted octanol–water partition coefficient (Wildman–Crippen LogP) is 3.50. The lowest BCUT2D eigenvalue weighted by atomic mass is 10.1. The van der Waals surface area contributed by atoms with E-state index in [0.29, 0.717) is 25.7 Å². The Labute approximate surface area is 171 Å². The Morgan fingerprint density at radius 3 is 1.27 bits per heavy atom. The molecule has 26 heavy (non-hydrogen) atoms. The fourth-order valence-corrected chi connectivity index (χ4v) is 10.3. The van der Waals surface area contributed by atoms with Crippen LogP contribution >= 0.6 is 47.0 Å². The van der Waals surface area contributed by atoms with Crippen LogP contribution in [0.25, 0.3) is 0 Å². The Balaban J connectivity index is 2.00. The molecule has 0 aliphatic carbocycles. The molecule has 3 rings (SSSR count). The molecule has 0 bridgehead atoms. The fraction of sp³-hybridized carbons (Fsp3) is 0.611. The van der Waals surface area contributed by atoms with E-state index in [-0.39, 0.29) is 34.6 Å². The standard InChI is InChI=1S/C18H25O4S4/c1-11-13-15(25-17(23-13,3-7-19)4-8-20)12(2)16-14(11)24-18(26-16,5-9-21)6-10-22/h19-22H,1,3-10H2,2H3. The third-order valence-corrected chi connectivity index (χ3v) is 11.9. The minimum absolute atomic E-state index is 0.0961. The van der Waals surface area contributed by atoms with Gasteiger partial charge in [0.05, 0.1) is 8.16 Å². The van der Waals surface area contributed by atoms with Crippen LogP contribution in [0.1, 0.15) is 36.8 Å². The molecule has 1 aromatic carbocycles. The van der Waals surface area contributed by atoms with Crippen molar-refractivity contribution in [1.29, 1.82) is 0 Å². The SMILES string of the molecule is [CH2]c1c2c(c(C)c3c1SC(CCO)(CCO)S3)SC(CCO)(CCO)S2. The number of hydrogen-bond donors (Lipinski definition) is 4. The zero-order valence-electron chi connectivity index (χ0n) is 14.8. The van der Waals surface area contributed by atoms with Crippen LogP contribution in [0.2, 0.25) is 0 Å². The summed E-state index contributed by atoms with van der Waals surface area (Å²) in [5, 5.41) is 38.0.